The zero-order valence-electron chi connectivity index (χ0n) is 15.4. The van der Waals surface area contributed by atoms with E-state index in [1.54, 1.807) is 0 Å². The van der Waals surface area contributed by atoms with Gasteiger partial charge in [-0.15, -0.1) is 11.3 Å². The number of rotatable bonds is 4. The van der Waals surface area contributed by atoms with Gasteiger partial charge >= 0.3 is 6.18 Å². The van der Waals surface area contributed by atoms with Crippen molar-refractivity contribution in [3.8, 4) is 16.2 Å². The number of benzene rings is 1. The summed E-state index contributed by atoms with van der Waals surface area (Å²) in [5.41, 5.74) is -0.550. The van der Waals surface area contributed by atoms with Crippen molar-refractivity contribution < 1.29 is 23.0 Å². The van der Waals surface area contributed by atoms with Crippen molar-refractivity contribution in [3.05, 3.63) is 40.4 Å². The Kier molecular flexibility index (Phi) is 4.99. The Morgan fingerprint density at radius 1 is 1.41 bits per heavy atom. The first-order valence-corrected chi connectivity index (χ1v) is 9.76. The Morgan fingerprint density at radius 2 is 2.21 bits per heavy atom. The van der Waals surface area contributed by atoms with Crippen LogP contribution in [-0.4, -0.2) is 41.9 Å². The highest BCUT2D eigenvalue weighted by Gasteiger charge is 2.35. The Balaban J connectivity index is 1.90. The maximum absolute atomic E-state index is 13.5. The van der Waals surface area contributed by atoms with E-state index >= 15 is 0 Å². The van der Waals surface area contributed by atoms with E-state index in [4.69, 9.17) is 4.74 Å². The van der Waals surface area contributed by atoms with E-state index in [0.29, 0.717) is 39.4 Å². The lowest BCUT2D eigenvalue weighted by Crippen LogP contribution is -2.21. The number of halogens is 3. The molecule has 0 bridgehead atoms. The summed E-state index contributed by atoms with van der Waals surface area (Å²) in [5, 5.41) is 10.4. The van der Waals surface area contributed by atoms with E-state index in [1.165, 1.54) is 36.9 Å². The summed E-state index contributed by atoms with van der Waals surface area (Å²) in [5.74, 6) is -0.164. The third kappa shape index (κ3) is 3.46. The Hall–Kier alpha value is -2.59. The zero-order valence-corrected chi connectivity index (χ0v) is 16.2. The number of hydrogen-bond acceptors (Lipinski definition) is 6. The number of aliphatic hydroxyl groups is 1. The van der Waals surface area contributed by atoms with Crippen LogP contribution in [0.5, 0.6) is 5.75 Å². The third-order valence-corrected chi connectivity index (χ3v) is 6.37. The van der Waals surface area contributed by atoms with Gasteiger partial charge in [-0.3, -0.25) is 4.79 Å². The van der Waals surface area contributed by atoms with Gasteiger partial charge < -0.3 is 19.7 Å². The zero-order chi connectivity index (χ0) is 20.8. The molecule has 1 fully saturated rings. The van der Waals surface area contributed by atoms with Gasteiger partial charge in [0.25, 0.3) is 5.56 Å². The molecular formula is C19H18F3N3O3S. The summed E-state index contributed by atoms with van der Waals surface area (Å²) in [6.07, 6.45) is -2.55. The number of methoxy groups -OCH3 is 1. The number of H-pyrrole nitrogens is 1. The van der Waals surface area contributed by atoms with Gasteiger partial charge in [0.05, 0.1) is 29.4 Å². The molecule has 0 radical (unpaired) electrons. The summed E-state index contributed by atoms with van der Waals surface area (Å²) in [6, 6.07) is 3.83. The van der Waals surface area contributed by atoms with Crippen LogP contribution in [0.3, 0.4) is 0 Å². The molecule has 1 atom stereocenters. The molecule has 3 heterocycles. The van der Waals surface area contributed by atoms with E-state index in [1.807, 2.05) is 4.90 Å². The molecule has 3 aromatic rings. The number of thiophene rings is 1. The van der Waals surface area contributed by atoms with Crippen LogP contribution in [0.15, 0.2) is 29.3 Å². The Morgan fingerprint density at radius 3 is 2.86 bits per heavy atom. The van der Waals surface area contributed by atoms with Crippen molar-refractivity contribution in [1.82, 2.24) is 9.97 Å². The maximum atomic E-state index is 13.5. The number of aromatic nitrogens is 2. The summed E-state index contributed by atoms with van der Waals surface area (Å²) in [6.45, 7) is 1.29. The second-order valence-corrected chi connectivity index (χ2v) is 7.89. The molecule has 0 saturated carbocycles. The first-order valence-electron chi connectivity index (χ1n) is 8.95. The Bertz CT molecular complexity index is 1110. The van der Waals surface area contributed by atoms with Crippen molar-refractivity contribution in [3.63, 3.8) is 0 Å². The van der Waals surface area contributed by atoms with E-state index in [2.05, 4.69) is 9.97 Å². The van der Waals surface area contributed by atoms with Crippen LogP contribution in [0.1, 0.15) is 12.0 Å². The van der Waals surface area contributed by atoms with Crippen LogP contribution in [-0.2, 0) is 6.18 Å². The minimum absolute atomic E-state index is 0.0503. The van der Waals surface area contributed by atoms with E-state index in [9.17, 15) is 23.1 Å². The molecule has 6 nitrogen and oxygen atoms in total. The van der Waals surface area contributed by atoms with Crippen LogP contribution >= 0.6 is 11.3 Å². The minimum atomic E-state index is -4.58. The number of fused-ring (bicyclic) bond motifs is 1. The molecule has 29 heavy (non-hydrogen) atoms. The number of ether oxygens (including phenoxy) is 1. The second kappa shape index (κ2) is 7.34. The molecule has 0 unspecified atom stereocenters. The van der Waals surface area contributed by atoms with Crippen LogP contribution in [0.4, 0.5) is 18.2 Å². The fourth-order valence-electron chi connectivity index (χ4n) is 3.62. The van der Waals surface area contributed by atoms with E-state index < -0.39 is 11.7 Å². The number of anilines is 1. The molecule has 0 amide bonds. The predicted octanol–water partition coefficient (Wildman–Crippen LogP) is 3.50. The lowest BCUT2D eigenvalue weighted by Gasteiger charge is -2.16. The van der Waals surface area contributed by atoms with Gasteiger partial charge in [-0.1, -0.05) is 0 Å². The normalized spacial score (nSPS) is 17.3. The standard InChI is InChI=1S/C19H18F3N3O3S/c1-28-13-3-2-11(6-12(13)19(20,21)22)16-15-14(17(27)24-9-23-15)18(29-16)25-5-4-10(7-25)8-26/h2-3,6,9-10,26H,4-5,7-8H2,1H3,(H,23,24,27)/t10-/m0/s1. The molecule has 1 aliphatic rings. The van der Waals surface area contributed by atoms with Gasteiger partial charge in [-0.05, 0) is 30.2 Å². The first-order chi connectivity index (χ1) is 13.8. The van der Waals surface area contributed by atoms with Crippen molar-refractivity contribution in [2.75, 3.05) is 31.7 Å². The SMILES string of the molecule is COc1ccc(-c2sc(N3CC[C@H](CO)C3)c3c(=O)[nH]cnc23)cc1C(F)(F)F. The quantitative estimate of drug-likeness (QED) is 0.669. The highest BCUT2D eigenvalue weighted by molar-refractivity contribution is 7.21. The minimum Gasteiger partial charge on any atom is -0.496 e. The van der Waals surface area contributed by atoms with Gasteiger partial charge in [0.1, 0.15) is 16.1 Å². The van der Waals surface area contributed by atoms with Gasteiger partial charge in [-0.25, -0.2) is 4.98 Å². The van der Waals surface area contributed by atoms with Crippen molar-refractivity contribution in [2.45, 2.75) is 12.6 Å². The van der Waals surface area contributed by atoms with Crippen LogP contribution in [0.2, 0.25) is 0 Å². The second-order valence-electron chi connectivity index (χ2n) is 6.89. The molecule has 2 N–H and O–H groups in total. The predicted molar refractivity (Wildman–Crippen MR) is 105 cm³/mol. The summed E-state index contributed by atoms with van der Waals surface area (Å²) in [4.78, 5) is 21.8. The molecule has 4 rings (SSSR count). The van der Waals surface area contributed by atoms with Crippen LogP contribution in [0, 0.1) is 5.92 Å². The highest BCUT2D eigenvalue weighted by atomic mass is 32.1. The number of hydrogen-bond donors (Lipinski definition) is 2. The third-order valence-electron chi connectivity index (χ3n) is 5.08. The van der Waals surface area contributed by atoms with Crippen molar-refractivity contribution in [1.29, 1.82) is 0 Å². The number of alkyl halides is 3. The summed E-state index contributed by atoms with van der Waals surface area (Å²) in [7, 11) is 1.19. The van der Waals surface area contributed by atoms with Crippen LogP contribution < -0.4 is 15.2 Å². The van der Waals surface area contributed by atoms with Gasteiger partial charge in [-0.2, -0.15) is 13.2 Å². The number of aromatic amines is 1. The average Bonchev–Trinajstić information content (AvgIpc) is 3.32. The van der Waals surface area contributed by atoms with Crippen molar-refractivity contribution in [2.24, 2.45) is 5.92 Å². The first kappa shape index (κ1) is 19.7. The fraction of sp³-hybridized carbons (Fsp3) is 0.368. The molecule has 2 aromatic heterocycles. The summed E-state index contributed by atoms with van der Waals surface area (Å²) < 4.78 is 45.2. The van der Waals surface area contributed by atoms with Gasteiger partial charge in [0.15, 0.2) is 0 Å². The highest BCUT2D eigenvalue weighted by Crippen LogP contribution is 2.45. The molecule has 0 spiro atoms. The summed E-state index contributed by atoms with van der Waals surface area (Å²) >= 11 is 1.24. The lowest BCUT2D eigenvalue weighted by molar-refractivity contribution is -0.138. The number of nitrogens with zero attached hydrogens (tertiary/aromatic N) is 2. The molecule has 154 valence electrons. The number of nitrogens with one attached hydrogen (secondary N) is 1. The average molecular weight is 425 g/mol. The fourth-order valence-corrected chi connectivity index (χ4v) is 4.90. The van der Waals surface area contributed by atoms with Crippen LogP contribution in [0.25, 0.3) is 21.3 Å². The Labute approximate surface area is 167 Å². The van der Waals surface area contributed by atoms with E-state index in [-0.39, 0.29) is 23.8 Å². The largest absolute Gasteiger partial charge is 0.496 e. The van der Waals surface area contributed by atoms with Gasteiger partial charge in [0, 0.05) is 25.6 Å². The topological polar surface area (TPSA) is 78.5 Å². The van der Waals surface area contributed by atoms with E-state index in [0.717, 1.165) is 12.5 Å². The molecular weight excluding hydrogens is 407 g/mol. The van der Waals surface area contributed by atoms with Gasteiger partial charge in [0.2, 0.25) is 0 Å². The monoisotopic (exact) mass is 425 g/mol. The lowest BCUT2D eigenvalue weighted by atomic mass is 10.1. The van der Waals surface area contributed by atoms with Crippen molar-refractivity contribution >= 4 is 27.2 Å². The molecule has 1 aliphatic heterocycles. The molecule has 1 aromatic carbocycles. The molecule has 1 saturated heterocycles. The smallest absolute Gasteiger partial charge is 0.419 e. The number of aliphatic hydroxyl groups excluding tert-OH is 1. The molecule has 10 heteroatoms. The maximum Gasteiger partial charge on any atom is 0.419 e. The molecule has 0 aliphatic carbocycles.